The number of H-pyrrole nitrogens is 1. The Balaban J connectivity index is 1.61. The monoisotopic (exact) mass is 446 g/mol. The van der Waals surface area contributed by atoms with Gasteiger partial charge in [-0.05, 0) is 37.2 Å². The van der Waals surface area contributed by atoms with Crippen molar-refractivity contribution in [2.75, 3.05) is 61.2 Å². The number of sulfone groups is 1. The first-order valence-electron chi connectivity index (χ1n) is 10.1. The van der Waals surface area contributed by atoms with Crippen molar-refractivity contribution in [3.8, 4) is 0 Å². The number of hydrogen-bond acceptors (Lipinski definition) is 10. The quantitative estimate of drug-likeness (QED) is 0.370. The summed E-state index contributed by atoms with van der Waals surface area (Å²) in [5.41, 5.74) is 7.84. The zero-order valence-corrected chi connectivity index (χ0v) is 18.1. The SMILES string of the molecule is CS(=O)(=O)c1n[nH]c2nc(Nc3ccc(N4CCOCC4)cc3)nc(NCCCN)c12. The summed E-state index contributed by atoms with van der Waals surface area (Å²) >= 11 is 0. The Hall–Kier alpha value is -2.96. The maximum Gasteiger partial charge on any atom is 0.231 e. The molecule has 0 atom stereocenters. The third kappa shape index (κ3) is 4.86. The third-order valence-electron chi connectivity index (χ3n) is 4.91. The lowest BCUT2D eigenvalue weighted by molar-refractivity contribution is 0.122. The van der Waals surface area contributed by atoms with Crippen LogP contribution in [0, 0.1) is 0 Å². The molecule has 0 unspecified atom stereocenters. The third-order valence-corrected chi connectivity index (χ3v) is 5.91. The van der Waals surface area contributed by atoms with Gasteiger partial charge in [-0.2, -0.15) is 15.1 Å². The van der Waals surface area contributed by atoms with Gasteiger partial charge in [-0.1, -0.05) is 0 Å². The molecule has 31 heavy (non-hydrogen) atoms. The number of nitrogens with zero attached hydrogens (tertiary/aromatic N) is 4. The summed E-state index contributed by atoms with van der Waals surface area (Å²) in [5.74, 6) is 0.714. The Morgan fingerprint density at radius 1 is 1.19 bits per heavy atom. The van der Waals surface area contributed by atoms with Crippen LogP contribution in [0.4, 0.5) is 23.1 Å². The van der Waals surface area contributed by atoms with E-state index in [0.717, 1.165) is 43.9 Å². The molecular formula is C19H26N8O3S. The zero-order chi connectivity index (χ0) is 21.8. The van der Waals surface area contributed by atoms with Crippen LogP contribution in [0.25, 0.3) is 11.0 Å². The van der Waals surface area contributed by atoms with E-state index in [2.05, 4.69) is 35.7 Å². The fourth-order valence-electron chi connectivity index (χ4n) is 3.37. The first-order valence-corrected chi connectivity index (χ1v) is 11.9. The number of morpholine rings is 1. The molecule has 0 spiro atoms. The topological polar surface area (TPSA) is 151 Å². The summed E-state index contributed by atoms with van der Waals surface area (Å²) in [5, 5.41) is 13.2. The highest BCUT2D eigenvalue weighted by Crippen LogP contribution is 2.28. The average Bonchev–Trinajstić information content (AvgIpc) is 3.20. The highest BCUT2D eigenvalue weighted by molar-refractivity contribution is 7.90. The number of hydrogen-bond donors (Lipinski definition) is 4. The highest BCUT2D eigenvalue weighted by atomic mass is 32.2. The summed E-state index contributed by atoms with van der Waals surface area (Å²) in [7, 11) is -3.55. The van der Waals surface area contributed by atoms with Crippen LogP contribution in [0.2, 0.25) is 0 Å². The number of benzene rings is 1. The van der Waals surface area contributed by atoms with E-state index in [-0.39, 0.29) is 5.03 Å². The number of aromatic nitrogens is 4. The molecule has 0 bridgehead atoms. The molecule has 1 aromatic carbocycles. The second-order valence-electron chi connectivity index (χ2n) is 7.26. The highest BCUT2D eigenvalue weighted by Gasteiger charge is 2.22. The molecule has 3 heterocycles. The number of nitrogens with one attached hydrogen (secondary N) is 3. The molecule has 0 saturated carbocycles. The van der Waals surface area contributed by atoms with Crippen LogP contribution in [-0.4, -0.2) is 74.2 Å². The lowest BCUT2D eigenvalue weighted by Gasteiger charge is -2.28. The van der Waals surface area contributed by atoms with Crippen molar-refractivity contribution in [1.29, 1.82) is 0 Å². The molecule has 4 rings (SSSR count). The van der Waals surface area contributed by atoms with Gasteiger partial charge in [0.15, 0.2) is 20.5 Å². The van der Waals surface area contributed by atoms with Gasteiger partial charge in [0.1, 0.15) is 11.2 Å². The van der Waals surface area contributed by atoms with E-state index >= 15 is 0 Å². The lowest BCUT2D eigenvalue weighted by atomic mass is 10.2. The van der Waals surface area contributed by atoms with Crippen molar-refractivity contribution in [2.45, 2.75) is 11.4 Å². The van der Waals surface area contributed by atoms with Crippen molar-refractivity contribution in [3.05, 3.63) is 24.3 Å². The average molecular weight is 447 g/mol. The largest absolute Gasteiger partial charge is 0.378 e. The zero-order valence-electron chi connectivity index (χ0n) is 17.3. The molecule has 11 nitrogen and oxygen atoms in total. The molecule has 0 radical (unpaired) electrons. The van der Waals surface area contributed by atoms with Gasteiger partial charge in [0, 0.05) is 37.3 Å². The molecule has 1 aliphatic rings. The molecule has 166 valence electrons. The van der Waals surface area contributed by atoms with E-state index in [1.165, 1.54) is 0 Å². The predicted octanol–water partition coefficient (Wildman–Crippen LogP) is 1.10. The number of rotatable bonds is 8. The number of anilines is 4. The molecule has 1 saturated heterocycles. The summed E-state index contributed by atoms with van der Waals surface area (Å²) in [6.45, 7) is 4.25. The fraction of sp³-hybridized carbons (Fsp3) is 0.421. The first kappa shape index (κ1) is 21.3. The summed E-state index contributed by atoms with van der Waals surface area (Å²) < 4.78 is 29.6. The first-order chi connectivity index (χ1) is 15.0. The molecule has 1 aliphatic heterocycles. The van der Waals surface area contributed by atoms with E-state index in [4.69, 9.17) is 10.5 Å². The number of aromatic amines is 1. The van der Waals surface area contributed by atoms with Gasteiger partial charge < -0.3 is 26.0 Å². The van der Waals surface area contributed by atoms with E-state index in [1.54, 1.807) is 0 Å². The van der Waals surface area contributed by atoms with Crippen LogP contribution in [0.15, 0.2) is 29.3 Å². The van der Waals surface area contributed by atoms with Crippen molar-refractivity contribution >= 4 is 44.0 Å². The van der Waals surface area contributed by atoms with Gasteiger partial charge in [0.2, 0.25) is 5.95 Å². The number of nitrogens with two attached hydrogens (primary N) is 1. The molecule has 0 amide bonds. The maximum atomic E-state index is 12.1. The Morgan fingerprint density at radius 3 is 2.61 bits per heavy atom. The summed E-state index contributed by atoms with van der Waals surface area (Å²) in [6.07, 6.45) is 1.82. The molecule has 3 aromatic rings. The molecule has 5 N–H and O–H groups in total. The second kappa shape index (κ2) is 9.04. The van der Waals surface area contributed by atoms with E-state index < -0.39 is 9.84 Å². The van der Waals surface area contributed by atoms with Crippen LogP contribution < -0.4 is 21.3 Å². The Kier molecular flexibility index (Phi) is 6.20. The Morgan fingerprint density at radius 2 is 1.94 bits per heavy atom. The van der Waals surface area contributed by atoms with Gasteiger partial charge >= 0.3 is 0 Å². The van der Waals surface area contributed by atoms with Gasteiger partial charge in [-0.15, -0.1) is 0 Å². The minimum atomic E-state index is -3.55. The van der Waals surface area contributed by atoms with Crippen LogP contribution in [0.5, 0.6) is 0 Å². The molecule has 1 fully saturated rings. The lowest BCUT2D eigenvalue weighted by Crippen LogP contribution is -2.36. The maximum absolute atomic E-state index is 12.1. The van der Waals surface area contributed by atoms with Crippen LogP contribution in [0.1, 0.15) is 6.42 Å². The normalized spacial score (nSPS) is 14.7. The second-order valence-corrected chi connectivity index (χ2v) is 9.19. The van der Waals surface area contributed by atoms with Crippen molar-refractivity contribution in [2.24, 2.45) is 5.73 Å². The molecule has 12 heteroatoms. The van der Waals surface area contributed by atoms with Gasteiger partial charge in [-0.25, -0.2) is 8.42 Å². The summed E-state index contributed by atoms with van der Waals surface area (Å²) in [4.78, 5) is 11.2. The Bertz CT molecular complexity index is 1140. The molecular weight excluding hydrogens is 420 g/mol. The Labute approximate surface area is 180 Å². The standard InChI is InChI=1S/C19H26N8O3S/c1-31(28,29)18-15-16(21-8-2-7-20)23-19(24-17(15)25-26-18)22-13-3-5-14(6-4-13)27-9-11-30-12-10-27/h3-6H,2,7-12,20H2,1H3,(H3,21,22,23,24,25,26). The minimum Gasteiger partial charge on any atom is -0.378 e. The van der Waals surface area contributed by atoms with Gasteiger partial charge in [0.05, 0.1) is 13.2 Å². The minimum absolute atomic E-state index is 0.0841. The summed E-state index contributed by atoms with van der Waals surface area (Å²) in [6, 6.07) is 7.97. The van der Waals surface area contributed by atoms with E-state index in [1.807, 2.05) is 24.3 Å². The van der Waals surface area contributed by atoms with Crippen LogP contribution in [-0.2, 0) is 14.6 Å². The van der Waals surface area contributed by atoms with Gasteiger partial charge in [0.25, 0.3) is 0 Å². The van der Waals surface area contributed by atoms with Gasteiger partial charge in [-0.3, -0.25) is 5.10 Å². The van der Waals surface area contributed by atoms with Crippen molar-refractivity contribution < 1.29 is 13.2 Å². The number of ether oxygens (including phenoxy) is 1. The predicted molar refractivity (Wildman–Crippen MR) is 120 cm³/mol. The number of fused-ring (bicyclic) bond motifs is 1. The molecule has 0 aliphatic carbocycles. The van der Waals surface area contributed by atoms with Crippen LogP contribution >= 0.6 is 0 Å². The smallest absolute Gasteiger partial charge is 0.231 e. The van der Waals surface area contributed by atoms with E-state index in [0.29, 0.717) is 42.3 Å². The van der Waals surface area contributed by atoms with Crippen molar-refractivity contribution in [3.63, 3.8) is 0 Å². The van der Waals surface area contributed by atoms with Crippen molar-refractivity contribution in [1.82, 2.24) is 20.2 Å². The van der Waals surface area contributed by atoms with Crippen LogP contribution in [0.3, 0.4) is 0 Å². The fourth-order valence-corrected chi connectivity index (χ4v) is 4.15. The molecule has 2 aromatic heterocycles. The van der Waals surface area contributed by atoms with E-state index in [9.17, 15) is 8.42 Å².